The summed E-state index contributed by atoms with van der Waals surface area (Å²) in [6.07, 6.45) is 1.84. The van der Waals surface area contributed by atoms with Crippen molar-refractivity contribution in [3.05, 3.63) is 49.9 Å². The van der Waals surface area contributed by atoms with E-state index in [2.05, 4.69) is 25.9 Å². The Labute approximate surface area is 167 Å². The molecule has 140 valence electrons. The number of guanidine groups is 1. The van der Waals surface area contributed by atoms with Crippen LogP contribution in [0.15, 0.2) is 29.4 Å². The van der Waals surface area contributed by atoms with E-state index in [0.29, 0.717) is 41.2 Å². The molecule has 26 heavy (non-hydrogen) atoms. The Morgan fingerprint density at radius 1 is 1.19 bits per heavy atom. The highest BCUT2D eigenvalue weighted by atomic mass is 35.5. The number of benzene rings is 1. The predicted octanol–water partition coefficient (Wildman–Crippen LogP) is 3.24. The largest absolute Gasteiger partial charge is 0.357 e. The van der Waals surface area contributed by atoms with Crippen molar-refractivity contribution in [1.82, 2.24) is 20.9 Å². The molecular weight excluding hydrogens is 393 g/mol. The smallest absolute Gasteiger partial charge is 0.251 e. The van der Waals surface area contributed by atoms with E-state index in [-0.39, 0.29) is 5.91 Å². The first-order valence-corrected chi connectivity index (χ1v) is 9.73. The molecule has 3 N–H and O–H groups in total. The molecule has 0 saturated carbocycles. The van der Waals surface area contributed by atoms with Gasteiger partial charge in [0, 0.05) is 36.3 Å². The number of nitrogens with one attached hydrogen (secondary N) is 3. The molecule has 6 nitrogen and oxygen atoms in total. The second-order valence-corrected chi connectivity index (χ2v) is 7.51. The molecule has 1 amide bonds. The number of aryl methyl sites for hydroxylation is 1. The van der Waals surface area contributed by atoms with Crippen LogP contribution in [-0.4, -0.2) is 36.5 Å². The fourth-order valence-corrected chi connectivity index (χ4v) is 3.07. The van der Waals surface area contributed by atoms with E-state index in [0.717, 1.165) is 16.4 Å². The summed E-state index contributed by atoms with van der Waals surface area (Å²) in [6, 6.07) is 4.79. The van der Waals surface area contributed by atoms with Gasteiger partial charge >= 0.3 is 0 Å². The molecule has 0 spiro atoms. The van der Waals surface area contributed by atoms with Crippen LogP contribution in [0.5, 0.6) is 0 Å². The van der Waals surface area contributed by atoms with Crippen LogP contribution >= 0.6 is 34.5 Å². The number of nitrogens with zero attached hydrogens (tertiary/aromatic N) is 2. The number of carbonyl (C=O) groups excluding carboxylic acids is 1. The zero-order valence-electron chi connectivity index (χ0n) is 14.6. The van der Waals surface area contributed by atoms with Crippen molar-refractivity contribution in [2.24, 2.45) is 4.99 Å². The second kappa shape index (κ2) is 10.4. The van der Waals surface area contributed by atoms with Gasteiger partial charge in [0.2, 0.25) is 0 Å². The molecule has 0 atom stereocenters. The van der Waals surface area contributed by atoms with Crippen LogP contribution < -0.4 is 16.0 Å². The zero-order valence-corrected chi connectivity index (χ0v) is 16.9. The number of aliphatic imine (C=N–C) groups is 1. The van der Waals surface area contributed by atoms with Gasteiger partial charge in [-0.25, -0.2) is 9.98 Å². The van der Waals surface area contributed by atoms with Crippen LogP contribution in [0.4, 0.5) is 0 Å². The molecule has 1 aromatic carbocycles. The Balaban J connectivity index is 1.79. The summed E-state index contributed by atoms with van der Waals surface area (Å²) in [5.41, 5.74) is 0.471. The summed E-state index contributed by atoms with van der Waals surface area (Å²) >= 11 is 13.4. The summed E-state index contributed by atoms with van der Waals surface area (Å²) in [7, 11) is 0. The summed E-state index contributed by atoms with van der Waals surface area (Å²) in [4.78, 5) is 22.0. The quantitative estimate of drug-likeness (QED) is 0.369. The number of thiazole rings is 1. The molecule has 2 rings (SSSR count). The normalized spacial score (nSPS) is 11.3. The van der Waals surface area contributed by atoms with Crippen LogP contribution in [-0.2, 0) is 6.54 Å². The van der Waals surface area contributed by atoms with E-state index in [4.69, 9.17) is 23.2 Å². The van der Waals surface area contributed by atoms with Gasteiger partial charge in [-0.1, -0.05) is 23.2 Å². The Morgan fingerprint density at radius 2 is 1.96 bits per heavy atom. The van der Waals surface area contributed by atoms with Gasteiger partial charge in [0.05, 0.1) is 16.6 Å². The lowest BCUT2D eigenvalue weighted by atomic mass is 10.2. The Bertz CT molecular complexity index is 778. The molecule has 0 unspecified atom stereocenters. The minimum Gasteiger partial charge on any atom is -0.357 e. The minimum absolute atomic E-state index is 0.203. The van der Waals surface area contributed by atoms with Crippen LogP contribution in [0.3, 0.4) is 0 Å². The van der Waals surface area contributed by atoms with E-state index in [9.17, 15) is 4.79 Å². The third-order valence-corrected chi connectivity index (χ3v) is 4.91. The topological polar surface area (TPSA) is 78.4 Å². The van der Waals surface area contributed by atoms with E-state index < -0.39 is 0 Å². The van der Waals surface area contributed by atoms with Crippen molar-refractivity contribution in [2.45, 2.75) is 20.4 Å². The van der Waals surface area contributed by atoms with E-state index in [1.807, 2.05) is 20.0 Å². The van der Waals surface area contributed by atoms with Gasteiger partial charge in [0.25, 0.3) is 5.91 Å². The molecule has 0 radical (unpaired) electrons. The summed E-state index contributed by atoms with van der Waals surface area (Å²) < 4.78 is 0. The maximum Gasteiger partial charge on any atom is 0.251 e. The summed E-state index contributed by atoms with van der Waals surface area (Å²) in [6.45, 7) is 6.26. The van der Waals surface area contributed by atoms with Crippen molar-refractivity contribution in [3.63, 3.8) is 0 Å². The molecule has 0 saturated heterocycles. The standard InChI is InChI=1S/C17H21Cl2N5OS/c1-3-20-17(24-10-15-23-9-11(2)26-15)22-7-6-21-16(25)12-4-5-13(18)14(19)8-12/h4-5,8-9H,3,6-7,10H2,1-2H3,(H,21,25)(H2,20,22,24). The zero-order chi connectivity index (χ0) is 18.9. The van der Waals surface area contributed by atoms with Crippen LogP contribution in [0.25, 0.3) is 0 Å². The first kappa shape index (κ1) is 20.5. The maximum atomic E-state index is 12.1. The van der Waals surface area contributed by atoms with Crippen LogP contribution in [0, 0.1) is 6.92 Å². The van der Waals surface area contributed by atoms with Crippen molar-refractivity contribution in [3.8, 4) is 0 Å². The summed E-state index contributed by atoms with van der Waals surface area (Å²) in [5, 5.41) is 10.9. The number of hydrogen-bond donors (Lipinski definition) is 3. The van der Waals surface area contributed by atoms with Gasteiger partial charge in [-0.2, -0.15) is 0 Å². The highest BCUT2D eigenvalue weighted by molar-refractivity contribution is 7.11. The van der Waals surface area contributed by atoms with E-state index >= 15 is 0 Å². The van der Waals surface area contributed by atoms with E-state index in [1.165, 1.54) is 0 Å². The van der Waals surface area contributed by atoms with Gasteiger partial charge in [0.15, 0.2) is 5.96 Å². The molecule has 9 heteroatoms. The van der Waals surface area contributed by atoms with Gasteiger partial charge < -0.3 is 16.0 Å². The predicted molar refractivity (Wildman–Crippen MR) is 108 cm³/mol. The van der Waals surface area contributed by atoms with Crippen LogP contribution in [0.2, 0.25) is 10.0 Å². The molecule has 0 aliphatic rings. The molecule has 1 heterocycles. The number of carbonyl (C=O) groups is 1. The fraction of sp³-hybridized carbons (Fsp3) is 0.353. The SMILES string of the molecule is CCNC(=NCc1ncc(C)s1)NCCNC(=O)c1ccc(Cl)c(Cl)c1. The molecule has 0 aliphatic heterocycles. The van der Waals surface area contributed by atoms with Crippen LogP contribution in [0.1, 0.15) is 27.2 Å². The first-order valence-electron chi connectivity index (χ1n) is 8.16. The molecular formula is C17H21Cl2N5OS. The highest BCUT2D eigenvalue weighted by Gasteiger charge is 2.07. The highest BCUT2D eigenvalue weighted by Crippen LogP contribution is 2.22. The van der Waals surface area contributed by atoms with Gasteiger partial charge in [-0.15, -0.1) is 11.3 Å². The van der Waals surface area contributed by atoms with Crippen molar-refractivity contribution in [1.29, 1.82) is 0 Å². The lowest BCUT2D eigenvalue weighted by molar-refractivity contribution is 0.0954. The van der Waals surface area contributed by atoms with Crippen molar-refractivity contribution >= 4 is 46.4 Å². The molecule has 2 aromatic rings. The lowest BCUT2D eigenvalue weighted by Gasteiger charge is -2.11. The molecule has 0 aliphatic carbocycles. The molecule has 0 fully saturated rings. The molecule has 1 aromatic heterocycles. The Kier molecular flexibility index (Phi) is 8.15. The average molecular weight is 414 g/mol. The first-order chi connectivity index (χ1) is 12.5. The minimum atomic E-state index is -0.203. The number of halogens is 2. The van der Waals surface area contributed by atoms with Gasteiger partial charge in [-0.3, -0.25) is 4.79 Å². The maximum absolute atomic E-state index is 12.1. The third kappa shape index (κ3) is 6.48. The number of aromatic nitrogens is 1. The van der Waals surface area contributed by atoms with Gasteiger partial charge in [-0.05, 0) is 32.0 Å². The second-order valence-electron chi connectivity index (χ2n) is 5.37. The number of rotatable bonds is 7. The lowest BCUT2D eigenvalue weighted by Crippen LogP contribution is -2.41. The number of amides is 1. The fourth-order valence-electron chi connectivity index (χ4n) is 2.06. The Hall–Kier alpha value is -1.83. The average Bonchev–Trinajstić information content (AvgIpc) is 3.04. The van der Waals surface area contributed by atoms with E-state index in [1.54, 1.807) is 29.5 Å². The third-order valence-electron chi connectivity index (χ3n) is 3.27. The van der Waals surface area contributed by atoms with Gasteiger partial charge in [0.1, 0.15) is 5.01 Å². The van der Waals surface area contributed by atoms with Crippen molar-refractivity contribution < 1.29 is 4.79 Å². The summed E-state index contributed by atoms with van der Waals surface area (Å²) in [5.74, 6) is 0.481. The number of hydrogen-bond acceptors (Lipinski definition) is 4. The Morgan fingerprint density at radius 3 is 2.62 bits per heavy atom. The molecule has 0 bridgehead atoms. The monoisotopic (exact) mass is 413 g/mol. The van der Waals surface area contributed by atoms with Crippen molar-refractivity contribution in [2.75, 3.05) is 19.6 Å².